The molecule has 9 heteroatoms. The van der Waals surface area contributed by atoms with Crippen LogP contribution in [0.1, 0.15) is 32.6 Å². The van der Waals surface area contributed by atoms with Crippen LogP contribution in [0.2, 0.25) is 0 Å². The Labute approximate surface area is 134 Å². The van der Waals surface area contributed by atoms with Crippen molar-refractivity contribution in [3.8, 4) is 0 Å². The molecule has 0 saturated carbocycles. The molecular formula is C14H23N3O6. The van der Waals surface area contributed by atoms with Gasteiger partial charge in [0.15, 0.2) is 0 Å². The third-order valence-electron chi connectivity index (χ3n) is 4.07. The number of carboxylic acids is 1. The van der Waals surface area contributed by atoms with Crippen LogP contribution < -0.4 is 11.1 Å². The molecule has 0 spiro atoms. The Morgan fingerprint density at radius 2 is 2.04 bits per heavy atom. The number of nitrogens with zero attached hydrogens (tertiary/aromatic N) is 1. The number of esters is 1. The number of hydrogen-bond donors (Lipinski definition) is 3. The van der Waals surface area contributed by atoms with Crippen LogP contribution >= 0.6 is 0 Å². The van der Waals surface area contributed by atoms with Gasteiger partial charge in [0.05, 0.1) is 13.7 Å². The molecule has 0 aliphatic carbocycles. The zero-order valence-corrected chi connectivity index (χ0v) is 13.3. The lowest BCUT2D eigenvalue weighted by Gasteiger charge is -2.34. The standard InChI is InChI=1S/C14H23N3O6/c1-14(6-3-7-17(14)10(18)8-15)13(22)16-9(12(20)21)4-5-11(19)23-2/h9H,3-8,15H2,1-2H3,(H,16,22)(H,20,21)/t9-,14-/m0/s1. The second-order valence-electron chi connectivity index (χ2n) is 5.61. The summed E-state index contributed by atoms with van der Waals surface area (Å²) in [6, 6.07) is -1.23. The van der Waals surface area contributed by atoms with Crippen LogP contribution in [0.15, 0.2) is 0 Å². The molecule has 23 heavy (non-hydrogen) atoms. The highest BCUT2D eigenvalue weighted by molar-refractivity contribution is 5.94. The van der Waals surface area contributed by atoms with E-state index in [-0.39, 0.29) is 25.3 Å². The van der Waals surface area contributed by atoms with E-state index in [0.29, 0.717) is 19.4 Å². The number of rotatable bonds is 7. The van der Waals surface area contributed by atoms with Gasteiger partial charge in [-0.25, -0.2) is 4.79 Å². The number of likely N-dealkylation sites (tertiary alicyclic amines) is 1. The van der Waals surface area contributed by atoms with Crippen molar-refractivity contribution in [1.29, 1.82) is 0 Å². The molecule has 0 bridgehead atoms. The summed E-state index contributed by atoms with van der Waals surface area (Å²) in [7, 11) is 1.20. The number of hydrogen-bond acceptors (Lipinski definition) is 6. The molecule has 0 aromatic rings. The van der Waals surface area contributed by atoms with Gasteiger partial charge in [-0.3, -0.25) is 14.4 Å². The lowest BCUT2D eigenvalue weighted by molar-refractivity contribution is -0.147. The lowest BCUT2D eigenvalue weighted by Crippen LogP contribution is -2.59. The zero-order chi connectivity index (χ0) is 17.6. The molecule has 130 valence electrons. The molecule has 4 N–H and O–H groups in total. The molecule has 1 saturated heterocycles. The minimum atomic E-state index is -1.25. The number of carboxylic acid groups (broad SMARTS) is 1. The van der Waals surface area contributed by atoms with E-state index in [2.05, 4.69) is 10.1 Å². The number of carbonyl (C=O) groups is 4. The second kappa shape index (κ2) is 7.91. The number of carbonyl (C=O) groups excluding carboxylic acids is 3. The van der Waals surface area contributed by atoms with E-state index in [4.69, 9.17) is 5.73 Å². The maximum absolute atomic E-state index is 12.5. The summed E-state index contributed by atoms with van der Waals surface area (Å²) in [6.45, 7) is 1.77. The maximum Gasteiger partial charge on any atom is 0.326 e. The van der Waals surface area contributed by atoms with Gasteiger partial charge in [0, 0.05) is 13.0 Å². The predicted octanol–water partition coefficient (Wildman–Crippen LogP) is -1.15. The molecule has 1 aliphatic rings. The van der Waals surface area contributed by atoms with Crippen molar-refractivity contribution in [1.82, 2.24) is 10.2 Å². The van der Waals surface area contributed by atoms with E-state index in [1.165, 1.54) is 12.0 Å². The molecule has 2 atom stereocenters. The van der Waals surface area contributed by atoms with Gasteiger partial charge >= 0.3 is 11.9 Å². The minimum Gasteiger partial charge on any atom is -0.480 e. The smallest absolute Gasteiger partial charge is 0.326 e. The Morgan fingerprint density at radius 3 is 2.57 bits per heavy atom. The largest absolute Gasteiger partial charge is 0.480 e. The molecule has 0 aromatic heterocycles. The molecule has 2 amide bonds. The fraction of sp³-hybridized carbons (Fsp3) is 0.714. The summed E-state index contributed by atoms with van der Waals surface area (Å²) in [4.78, 5) is 48.1. The first kappa shape index (κ1) is 18.9. The minimum absolute atomic E-state index is 0.0886. The molecule has 9 nitrogen and oxygen atoms in total. The highest BCUT2D eigenvalue weighted by atomic mass is 16.5. The van der Waals surface area contributed by atoms with E-state index in [0.717, 1.165) is 0 Å². The van der Waals surface area contributed by atoms with Crippen molar-refractivity contribution >= 4 is 23.8 Å². The normalized spacial score (nSPS) is 21.6. The maximum atomic E-state index is 12.5. The Kier molecular flexibility index (Phi) is 6.49. The molecule has 0 radical (unpaired) electrons. The van der Waals surface area contributed by atoms with Crippen LogP contribution in [0.5, 0.6) is 0 Å². The summed E-state index contributed by atoms with van der Waals surface area (Å²) < 4.78 is 4.46. The third-order valence-corrected chi connectivity index (χ3v) is 4.07. The second-order valence-corrected chi connectivity index (χ2v) is 5.61. The topological polar surface area (TPSA) is 139 Å². The van der Waals surface area contributed by atoms with Gasteiger partial charge in [-0.15, -0.1) is 0 Å². The number of aliphatic carboxylic acids is 1. The molecule has 0 unspecified atom stereocenters. The summed E-state index contributed by atoms with van der Waals surface area (Å²) in [5.41, 5.74) is 4.22. The molecular weight excluding hydrogens is 306 g/mol. The van der Waals surface area contributed by atoms with Crippen LogP contribution in [0, 0.1) is 0 Å². The Bertz CT molecular complexity index is 495. The summed E-state index contributed by atoms with van der Waals surface area (Å²) in [5, 5.41) is 11.6. The van der Waals surface area contributed by atoms with Gasteiger partial charge in [-0.05, 0) is 26.2 Å². The van der Waals surface area contributed by atoms with Crippen LogP contribution in [0.4, 0.5) is 0 Å². The van der Waals surface area contributed by atoms with Gasteiger partial charge in [0.1, 0.15) is 11.6 Å². The van der Waals surface area contributed by atoms with Gasteiger partial charge < -0.3 is 25.8 Å². The summed E-state index contributed by atoms with van der Waals surface area (Å²) >= 11 is 0. The quantitative estimate of drug-likeness (QED) is 0.501. The van der Waals surface area contributed by atoms with Crippen LogP contribution in [-0.2, 0) is 23.9 Å². The molecule has 1 aliphatic heterocycles. The fourth-order valence-electron chi connectivity index (χ4n) is 2.64. The average molecular weight is 329 g/mol. The lowest BCUT2D eigenvalue weighted by atomic mass is 9.96. The molecule has 1 rings (SSSR count). The van der Waals surface area contributed by atoms with Crippen molar-refractivity contribution in [2.75, 3.05) is 20.2 Å². The van der Waals surface area contributed by atoms with Crippen LogP contribution in [0.3, 0.4) is 0 Å². The number of methoxy groups -OCH3 is 1. The van der Waals surface area contributed by atoms with Crippen LogP contribution in [0.25, 0.3) is 0 Å². The molecule has 1 heterocycles. The predicted molar refractivity (Wildman–Crippen MR) is 79.2 cm³/mol. The highest BCUT2D eigenvalue weighted by Crippen LogP contribution is 2.29. The van der Waals surface area contributed by atoms with Crippen molar-refractivity contribution in [3.05, 3.63) is 0 Å². The van der Waals surface area contributed by atoms with E-state index in [1.54, 1.807) is 6.92 Å². The van der Waals surface area contributed by atoms with Gasteiger partial charge in [0.2, 0.25) is 11.8 Å². The fourth-order valence-corrected chi connectivity index (χ4v) is 2.64. The SMILES string of the molecule is COC(=O)CC[C@H](NC(=O)[C@]1(C)CCCN1C(=O)CN)C(=O)O. The number of nitrogens with two attached hydrogens (primary N) is 1. The monoisotopic (exact) mass is 329 g/mol. The number of ether oxygens (including phenoxy) is 1. The van der Waals surface area contributed by atoms with E-state index >= 15 is 0 Å². The number of amides is 2. The van der Waals surface area contributed by atoms with Crippen molar-refractivity contribution in [2.45, 2.75) is 44.2 Å². The third kappa shape index (κ3) is 4.41. The van der Waals surface area contributed by atoms with Crippen molar-refractivity contribution in [3.63, 3.8) is 0 Å². The Balaban J connectivity index is 2.79. The van der Waals surface area contributed by atoms with E-state index in [9.17, 15) is 24.3 Å². The Hall–Kier alpha value is -2.16. The summed E-state index contributed by atoms with van der Waals surface area (Å²) in [6.07, 6.45) is 0.841. The number of nitrogens with one attached hydrogen (secondary N) is 1. The first-order chi connectivity index (χ1) is 10.8. The summed E-state index contributed by atoms with van der Waals surface area (Å²) in [5.74, 6) is -2.73. The van der Waals surface area contributed by atoms with Crippen LogP contribution in [-0.4, -0.2) is 65.5 Å². The van der Waals surface area contributed by atoms with E-state index in [1.807, 2.05) is 0 Å². The van der Waals surface area contributed by atoms with Gasteiger partial charge in [0.25, 0.3) is 0 Å². The molecule has 0 aromatic carbocycles. The first-order valence-electron chi connectivity index (χ1n) is 7.37. The van der Waals surface area contributed by atoms with Crippen molar-refractivity contribution < 1.29 is 29.0 Å². The highest BCUT2D eigenvalue weighted by Gasteiger charge is 2.46. The zero-order valence-electron chi connectivity index (χ0n) is 13.3. The Morgan fingerprint density at radius 1 is 1.39 bits per heavy atom. The van der Waals surface area contributed by atoms with Crippen molar-refractivity contribution in [2.24, 2.45) is 5.73 Å². The average Bonchev–Trinajstić information content (AvgIpc) is 2.92. The van der Waals surface area contributed by atoms with Gasteiger partial charge in [-0.2, -0.15) is 0 Å². The first-order valence-corrected chi connectivity index (χ1v) is 7.37. The van der Waals surface area contributed by atoms with E-state index < -0.39 is 29.4 Å². The molecule has 1 fully saturated rings. The van der Waals surface area contributed by atoms with Gasteiger partial charge in [-0.1, -0.05) is 0 Å².